The highest BCUT2D eigenvalue weighted by molar-refractivity contribution is 5.81. The zero-order valence-corrected chi connectivity index (χ0v) is 10.2. The smallest absolute Gasteiger partial charge is 0.306 e. The first-order chi connectivity index (χ1) is 8.63. The number of hydrogen-bond donors (Lipinski definition) is 2. The van der Waals surface area contributed by atoms with E-state index in [2.05, 4.69) is 0 Å². The Morgan fingerprint density at radius 2 is 2.00 bits per heavy atom. The van der Waals surface area contributed by atoms with Crippen LogP contribution in [0.25, 0.3) is 0 Å². The quantitative estimate of drug-likeness (QED) is 0.725. The highest BCUT2D eigenvalue weighted by atomic mass is 16.5. The fourth-order valence-electron chi connectivity index (χ4n) is 2.76. The normalized spacial score (nSPS) is 32.5. The number of ether oxygens (including phenoxy) is 1. The van der Waals surface area contributed by atoms with E-state index in [1.54, 1.807) is 4.90 Å². The van der Waals surface area contributed by atoms with Crippen LogP contribution in [0.1, 0.15) is 19.3 Å². The number of carbonyl (C=O) groups excluding carboxylic acids is 1. The molecule has 0 aromatic carbocycles. The van der Waals surface area contributed by atoms with E-state index in [4.69, 9.17) is 9.84 Å². The Morgan fingerprint density at radius 3 is 2.61 bits per heavy atom. The molecular formula is C12H19NO5. The van der Waals surface area contributed by atoms with E-state index in [-0.39, 0.29) is 24.5 Å². The van der Waals surface area contributed by atoms with Crippen LogP contribution in [0.2, 0.25) is 0 Å². The topological polar surface area (TPSA) is 87.1 Å². The summed E-state index contributed by atoms with van der Waals surface area (Å²) in [7, 11) is 0. The van der Waals surface area contributed by atoms with Crippen molar-refractivity contribution in [3.05, 3.63) is 0 Å². The average Bonchev–Trinajstić information content (AvgIpc) is 2.87. The SMILES string of the molecule is O=C(O)[C@H]1CC[C@@H](C(=O)N2CCOCC2CO)C1. The van der Waals surface area contributed by atoms with Gasteiger partial charge in [-0.2, -0.15) is 0 Å². The summed E-state index contributed by atoms with van der Waals surface area (Å²) in [4.78, 5) is 24.8. The van der Waals surface area contributed by atoms with Crippen molar-refractivity contribution in [2.24, 2.45) is 11.8 Å². The largest absolute Gasteiger partial charge is 0.481 e. The predicted octanol–water partition coefficient (Wildman–Crippen LogP) is -0.293. The maximum Gasteiger partial charge on any atom is 0.306 e. The number of aliphatic carboxylic acids is 1. The number of nitrogens with zero attached hydrogens (tertiary/aromatic N) is 1. The highest BCUT2D eigenvalue weighted by Crippen LogP contribution is 2.33. The molecule has 1 heterocycles. The van der Waals surface area contributed by atoms with Crippen LogP contribution in [0.3, 0.4) is 0 Å². The second-order valence-electron chi connectivity index (χ2n) is 4.99. The van der Waals surface area contributed by atoms with Gasteiger partial charge < -0.3 is 19.8 Å². The minimum atomic E-state index is -0.814. The van der Waals surface area contributed by atoms with Crippen molar-refractivity contribution in [1.29, 1.82) is 0 Å². The van der Waals surface area contributed by atoms with Gasteiger partial charge in [0, 0.05) is 12.5 Å². The maximum absolute atomic E-state index is 12.3. The second kappa shape index (κ2) is 5.67. The Labute approximate surface area is 106 Å². The highest BCUT2D eigenvalue weighted by Gasteiger charge is 2.38. The molecule has 2 N–H and O–H groups in total. The van der Waals surface area contributed by atoms with Crippen molar-refractivity contribution in [3.63, 3.8) is 0 Å². The third kappa shape index (κ3) is 2.64. The number of amides is 1. The summed E-state index contributed by atoms with van der Waals surface area (Å²) in [5.74, 6) is -1.45. The molecule has 102 valence electrons. The zero-order chi connectivity index (χ0) is 13.1. The zero-order valence-electron chi connectivity index (χ0n) is 10.2. The van der Waals surface area contributed by atoms with Crippen LogP contribution in [0.5, 0.6) is 0 Å². The molecule has 18 heavy (non-hydrogen) atoms. The lowest BCUT2D eigenvalue weighted by Crippen LogP contribution is -2.52. The number of hydrogen-bond acceptors (Lipinski definition) is 4. The van der Waals surface area contributed by atoms with Crippen LogP contribution in [-0.2, 0) is 14.3 Å². The molecule has 0 spiro atoms. The van der Waals surface area contributed by atoms with Gasteiger partial charge in [0.25, 0.3) is 0 Å². The molecule has 6 heteroatoms. The van der Waals surface area contributed by atoms with E-state index >= 15 is 0 Å². The van der Waals surface area contributed by atoms with Crippen LogP contribution in [0.15, 0.2) is 0 Å². The van der Waals surface area contributed by atoms with Gasteiger partial charge in [-0.05, 0) is 19.3 Å². The first-order valence-electron chi connectivity index (χ1n) is 6.35. The number of carboxylic acid groups (broad SMARTS) is 1. The number of morpholine rings is 1. The summed E-state index contributed by atoms with van der Waals surface area (Å²) in [5, 5.41) is 18.2. The summed E-state index contributed by atoms with van der Waals surface area (Å²) >= 11 is 0. The first kappa shape index (κ1) is 13.3. The molecular weight excluding hydrogens is 238 g/mol. The monoisotopic (exact) mass is 257 g/mol. The third-order valence-corrected chi connectivity index (χ3v) is 3.85. The van der Waals surface area contributed by atoms with Crippen molar-refractivity contribution in [3.8, 4) is 0 Å². The summed E-state index contributed by atoms with van der Waals surface area (Å²) < 4.78 is 5.23. The third-order valence-electron chi connectivity index (χ3n) is 3.85. The Hall–Kier alpha value is -1.14. The Balaban J connectivity index is 1.96. The van der Waals surface area contributed by atoms with Crippen molar-refractivity contribution in [1.82, 2.24) is 4.90 Å². The van der Waals surface area contributed by atoms with E-state index < -0.39 is 11.9 Å². The molecule has 0 radical (unpaired) electrons. The van der Waals surface area contributed by atoms with Gasteiger partial charge in [-0.25, -0.2) is 0 Å². The minimum absolute atomic E-state index is 0.0268. The lowest BCUT2D eigenvalue weighted by molar-refractivity contribution is -0.146. The van der Waals surface area contributed by atoms with Crippen LogP contribution >= 0.6 is 0 Å². The Kier molecular flexibility index (Phi) is 4.19. The number of rotatable bonds is 3. The first-order valence-corrected chi connectivity index (χ1v) is 6.35. The molecule has 0 aromatic rings. The molecule has 2 aliphatic rings. The number of aliphatic hydroxyl groups excluding tert-OH is 1. The molecule has 2 rings (SSSR count). The lowest BCUT2D eigenvalue weighted by Gasteiger charge is -2.36. The molecule has 3 atom stereocenters. The molecule has 0 aromatic heterocycles. The maximum atomic E-state index is 12.3. The summed E-state index contributed by atoms with van der Waals surface area (Å²) in [6, 6.07) is -0.282. The van der Waals surface area contributed by atoms with Gasteiger partial charge >= 0.3 is 5.97 Å². The van der Waals surface area contributed by atoms with Crippen molar-refractivity contribution < 1.29 is 24.5 Å². The van der Waals surface area contributed by atoms with Gasteiger partial charge in [-0.1, -0.05) is 0 Å². The minimum Gasteiger partial charge on any atom is -0.481 e. The molecule has 1 unspecified atom stereocenters. The van der Waals surface area contributed by atoms with E-state index in [1.165, 1.54) is 0 Å². The Bertz CT molecular complexity index is 332. The molecule has 1 aliphatic carbocycles. The van der Waals surface area contributed by atoms with Gasteiger partial charge in [-0.3, -0.25) is 9.59 Å². The number of aliphatic hydroxyl groups is 1. The molecule has 1 saturated carbocycles. The van der Waals surface area contributed by atoms with Gasteiger partial charge in [0.15, 0.2) is 0 Å². The van der Waals surface area contributed by atoms with Crippen molar-refractivity contribution >= 4 is 11.9 Å². The van der Waals surface area contributed by atoms with Crippen LogP contribution in [0, 0.1) is 11.8 Å². The van der Waals surface area contributed by atoms with E-state index in [1.807, 2.05) is 0 Å². The van der Waals surface area contributed by atoms with Crippen molar-refractivity contribution in [2.75, 3.05) is 26.4 Å². The van der Waals surface area contributed by atoms with E-state index in [9.17, 15) is 14.7 Å². The summed E-state index contributed by atoms with van der Waals surface area (Å²) in [6.07, 6.45) is 1.62. The predicted molar refractivity (Wildman–Crippen MR) is 61.9 cm³/mol. The average molecular weight is 257 g/mol. The molecule has 1 amide bonds. The van der Waals surface area contributed by atoms with Crippen LogP contribution in [-0.4, -0.2) is 59.4 Å². The van der Waals surface area contributed by atoms with Gasteiger partial charge in [0.1, 0.15) is 0 Å². The fraction of sp³-hybridized carbons (Fsp3) is 0.833. The van der Waals surface area contributed by atoms with Gasteiger partial charge in [-0.15, -0.1) is 0 Å². The molecule has 0 bridgehead atoms. The van der Waals surface area contributed by atoms with E-state index in [0.29, 0.717) is 39.0 Å². The van der Waals surface area contributed by atoms with Crippen LogP contribution < -0.4 is 0 Å². The summed E-state index contributed by atoms with van der Waals surface area (Å²) in [6.45, 7) is 1.22. The molecule has 6 nitrogen and oxygen atoms in total. The van der Waals surface area contributed by atoms with Gasteiger partial charge in [0.2, 0.25) is 5.91 Å². The van der Waals surface area contributed by atoms with Gasteiger partial charge in [0.05, 0.1) is 31.8 Å². The molecule has 2 fully saturated rings. The second-order valence-corrected chi connectivity index (χ2v) is 4.99. The standard InChI is InChI=1S/C12H19NO5/c14-6-10-7-18-4-3-13(10)11(15)8-1-2-9(5-8)12(16)17/h8-10,14H,1-7H2,(H,16,17)/t8-,9+,10?/m1/s1. The Morgan fingerprint density at radius 1 is 1.28 bits per heavy atom. The molecule has 1 aliphatic heterocycles. The lowest BCUT2D eigenvalue weighted by atomic mass is 10.0. The fourth-order valence-corrected chi connectivity index (χ4v) is 2.76. The van der Waals surface area contributed by atoms with Crippen molar-refractivity contribution in [2.45, 2.75) is 25.3 Å². The number of carboxylic acids is 1. The van der Waals surface area contributed by atoms with Crippen LogP contribution in [0.4, 0.5) is 0 Å². The summed E-state index contributed by atoms with van der Waals surface area (Å²) in [5.41, 5.74) is 0. The van der Waals surface area contributed by atoms with E-state index in [0.717, 1.165) is 0 Å². The molecule has 1 saturated heterocycles. The number of carbonyl (C=O) groups is 2.